The lowest BCUT2D eigenvalue weighted by molar-refractivity contribution is 0.0130. The molecule has 296 valence electrons. The summed E-state index contributed by atoms with van der Waals surface area (Å²) in [5.41, 5.74) is 1.81. The third kappa shape index (κ3) is 8.60. The number of aryl methyl sites for hydroxylation is 1. The first-order valence-electron chi connectivity index (χ1n) is 19.7. The van der Waals surface area contributed by atoms with Crippen LogP contribution in [0.2, 0.25) is 0 Å². The van der Waals surface area contributed by atoms with Crippen LogP contribution < -0.4 is 10.2 Å². The van der Waals surface area contributed by atoms with Gasteiger partial charge in [0.15, 0.2) is 5.82 Å². The van der Waals surface area contributed by atoms with Crippen molar-refractivity contribution >= 4 is 51.5 Å². The van der Waals surface area contributed by atoms with E-state index in [1.807, 2.05) is 82.4 Å². The van der Waals surface area contributed by atoms with Gasteiger partial charge < -0.3 is 24.6 Å². The first-order chi connectivity index (χ1) is 26.0. The highest BCUT2D eigenvalue weighted by molar-refractivity contribution is 6.07. The van der Waals surface area contributed by atoms with Gasteiger partial charge in [-0.05, 0) is 111 Å². The fourth-order valence-corrected chi connectivity index (χ4v) is 8.17. The minimum atomic E-state index is -0.668. The van der Waals surface area contributed by atoms with Gasteiger partial charge in [0.2, 0.25) is 0 Å². The van der Waals surface area contributed by atoms with Gasteiger partial charge in [-0.2, -0.15) is 5.10 Å². The molecule has 0 bridgehead atoms. The molecule has 0 radical (unpaired) electrons. The molecule has 3 aliphatic rings. The lowest BCUT2D eigenvalue weighted by Gasteiger charge is -2.39. The molecular formula is C41H57N9O5. The maximum absolute atomic E-state index is 13.8. The molecule has 0 spiro atoms. The van der Waals surface area contributed by atoms with Gasteiger partial charge in [-0.1, -0.05) is 0 Å². The highest BCUT2D eigenvalue weighted by atomic mass is 16.6. The minimum absolute atomic E-state index is 0.0811. The third-order valence-corrected chi connectivity index (χ3v) is 10.9. The van der Waals surface area contributed by atoms with Crippen LogP contribution in [0.25, 0.3) is 21.8 Å². The van der Waals surface area contributed by atoms with E-state index in [1.54, 1.807) is 16.8 Å². The number of aromatic nitrogens is 4. The quantitative estimate of drug-likeness (QED) is 0.233. The van der Waals surface area contributed by atoms with Crippen LogP contribution in [0.3, 0.4) is 0 Å². The first kappa shape index (κ1) is 38.6. The Morgan fingerprint density at radius 2 is 1.51 bits per heavy atom. The van der Waals surface area contributed by atoms with E-state index in [0.717, 1.165) is 92.8 Å². The van der Waals surface area contributed by atoms with Crippen LogP contribution in [-0.4, -0.2) is 123 Å². The Balaban J connectivity index is 1.02. The number of hydrogen-bond acceptors (Lipinski definition) is 10. The van der Waals surface area contributed by atoms with E-state index in [2.05, 4.69) is 32.0 Å². The molecule has 2 amide bonds. The van der Waals surface area contributed by atoms with Crippen LogP contribution in [0.5, 0.6) is 0 Å². The lowest BCUT2D eigenvalue weighted by Crippen LogP contribution is -2.51. The van der Waals surface area contributed by atoms with E-state index < -0.39 is 17.3 Å². The first-order valence-corrected chi connectivity index (χ1v) is 19.7. The normalized spacial score (nSPS) is 19.4. The second-order valence-corrected chi connectivity index (χ2v) is 17.5. The fraction of sp³-hybridized carbons (Fsp3) is 0.585. The van der Waals surface area contributed by atoms with Crippen LogP contribution in [0.1, 0.15) is 89.3 Å². The Morgan fingerprint density at radius 1 is 0.818 bits per heavy atom. The third-order valence-electron chi connectivity index (χ3n) is 10.9. The number of amides is 2. The number of likely N-dealkylation sites (tertiary alicyclic amines) is 1. The summed E-state index contributed by atoms with van der Waals surface area (Å²) >= 11 is 0. The SMILES string of the molecule is CN1CCC[C@@H]1c1cc2cnc(NC(=O)c3ccc4c(c3)c(N3CCC(CN5CCN(C(=O)OC(C)(C)C)CC5)CC3)nn4C)cc2n1C(=O)OC(C)(C)C. The molecule has 1 N–H and O–H groups in total. The zero-order chi connectivity index (χ0) is 39.2. The van der Waals surface area contributed by atoms with Crippen molar-refractivity contribution in [3.05, 3.63) is 47.8 Å². The Kier molecular flexibility index (Phi) is 10.6. The molecule has 0 aliphatic carbocycles. The second kappa shape index (κ2) is 15.1. The Hall–Kier alpha value is -4.69. The molecule has 4 aromatic rings. The number of pyridine rings is 1. The maximum atomic E-state index is 13.8. The number of piperazine rings is 1. The smallest absolute Gasteiger partial charge is 0.419 e. The number of ether oxygens (including phenoxy) is 2. The molecule has 55 heavy (non-hydrogen) atoms. The molecule has 3 aliphatic heterocycles. The van der Waals surface area contributed by atoms with Crippen molar-refractivity contribution in [1.29, 1.82) is 0 Å². The number of nitrogens with one attached hydrogen (secondary N) is 1. The summed E-state index contributed by atoms with van der Waals surface area (Å²) in [7, 11) is 4.01. The van der Waals surface area contributed by atoms with Crippen molar-refractivity contribution in [1.82, 2.24) is 34.0 Å². The summed E-state index contributed by atoms with van der Waals surface area (Å²) in [6.45, 7) is 18.1. The van der Waals surface area contributed by atoms with Crippen molar-refractivity contribution in [2.75, 3.05) is 69.6 Å². The molecule has 1 atom stereocenters. The van der Waals surface area contributed by atoms with Gasteiger partial charge in [-0.15, -0.1) is 0 Å². The van der Waals surface area contributed by atoms with Gasteiger partial charge >= 0.3 is 12.2 Å². The van der Waals surface area contributed by atoms with E-state index in [4.69, 9.17) is 14.6 Å². The monoisotopic (exact) mass is 755 g/mol. The zero-order valence-electron chi connectivity index (χ0n) is 33.7. The van der Waals surface area contributed by atoms with Crippen molar-refractivity contribution in [3.63, 3.8) is 0 Å². The summed E-state index contributed by atoms with van der Waals surface area (Å²) < 4.78 is 14.9. The number of anilines is 2. The molecule has 14 nitrogen and oxygen atoms in total. The van der Waals surface area contributed by atoms with Gasteiger partial charge in [0.1, 0.15) is 17.0 Å². The van der Waals surface area contributed by atoms with E-state index in [-0.39, 0.29) is 18.0 Å². The summed E-state index contributed by atoms with van der Waals surface area (Å²) in [6, 6.07) is 9.53. The number of rotatable bonds is 6. The van der Waals surface area contributed by atoms with Gasteiger partial charge in [-0.3, -0.25) is 19.3 Å². The molecule has 1 aromatic carbocycles. The van der Waals surface area contributed by atoms with E-state index in [0.29, 0.717) is 35.9 Å². The van der Waals surface area contributed by atoms with Crippen molar-refractivity contribution < 1.29 is 23.9 Å². The molecule has 7 rings (SSSR count). The van der Waals surface area contributed by atoms with Crippen molar-refractivity contribution in [2.45, 2.75) is 84.5 Å². The number of hydrogen-bond donors (Lipinski definition) is 1. The molecule has 0 unspecified atom stereocenters. The van der Waals surface area contributed by atoms with Gasteiger partial charge in [0, 0.05) is 87.2 Å². The van der Waals surface area contributed by atoms with Crippen molar-refractivity contribution in [2.24, 2.45) is 13.0 Å². The minimum Gasteiger partial charge on any atom is -0.444 e. The summed E-state index contributed by atoms with van der Waals surface area (Å²) in [5, 5.41) is 9.63. The van der Waals surface area contributed by atoms with Crippen LogP contribution in [0.15, 0.2) is 36.5 Å². The van der Waals surface area contributed by atoms with Gasteiger partial charge in [-0.25, -0.2) is 19.1 Å². The highest BCUT2D eigenvalue weighted by Gasteiger charge is 2.32. The number of benzene rings is 1. The Morgan fingerprint density at radius 3 is 2.16 bits per heavy atom. The second-order valence-electron chi connectivity index (χ2n) is 17.5. The predicted octanol–water partition coefficient (Wildman–Crippen LogP) is 6.49. The number of nitrogens with zero attached hydrogens (tertiary/aromatic N) is 8. The predicted molar refractivity (Wildman–Crippen MR) is 214 cm³/mol. The summed E-state index contributed by atoms with van der Waals surface area (Å²) in [6.07, 6.45) is 5.12. The van der Waals surface area contributed by atoms with Crippen LogP contribution in [-0.2, 0) is 16.5 Å². The van der Waals surface area contributed by atoms with E-state index in [1.165, 1.54) is 0 Å². The maximum Gasteiger partial charge on any atom is 0.419 e. The number of piperidine rings is 1. The van der Waals surface area contributed by atoms with Crippen LogP contribution in [0, 0.1) is 5.92 Å². The average molecular weight is 756 g/mol. The zero-order valence-corrected chi connectivity index (χ0v) is 33.7. The van der Waals surface area contributed by atoms with Gasteiger partial charge in [0.05, 0.1) is 17.1 Å². The molecular weight excluding hydrogens is 699 g/mol. The van der Waals surface area contributed by atoms with Crippen LogP contribution >= 0.6 is 0 Å². The molecule has 3 aromatic heterocycles. The number of carbonyl (C=O) groups excluding carboxylic acids is 3. The highest BCUT2D eigenvalue weighted by Crippen LogP contribution is 2.36. The molecule has 14 heteroatoms. The van der Waals surface area contributed by atoms with Gasteiger partial charge in [0.25, 0.3) is 5.91 Å². The van der Waals surface area contributed by atoms with E-state index >= 15 is 0 Å². The van der Waals surface area contributed by atoms with Crippen LogP contribution in [0.4, 0.5) is 21.2 Å². The number of carbonyl (C=O) groups is 3. The topological polar surface area (TPSA) is 130 Å². The van der Waals surface area contributed by atoms with E-state index in [9.17, 15) is 14.4 Å². The summed E-state index contributed by atoms with van der Waals surface area (Å²) in [4.78, 5) is 53.4. The van der Waals surface area contributed by atoms with Crippen molar-refractivity contribution in [3.8, 4) is 0 Å². The fourth-order valence-electron chi connectivity index (χ4n) is 8.17. The molecule has 6 heterocycles. The largest absolute Gasteiger partial charge is 0.444 e. The average Bonchev–Trinajstić information content (AvgIpc) is 3.81. The molecule has 3 saturated heterocycles. The number of fused-ring (bicyclic) bond motifs is 2. The Labute approximate surface area is 323 Å². The standard InChI is InChI=1S/C41H57N9O5/c1-40(2,3)54-38(52)49-20-18-47(19-21-49)26-27-13-16-48(17-14-27)36-30-22-28(11-12-31(30)46(8)44-36)37(51)43-35-24-33-29(25-42-35)23-34(32-10-9-15-45(32)7)50(33)39(53)55-41(4,5)6/h11-12,22-25,27,32H,9-10,13-21,26H2,1-8H3,(H,42,43,51)/t32-/m1/s1. The Bertz CT molecular complexity index is 2060. The molecule has 3 fully saturated rings. The summed E-state index contributed by atoms with van der Waals surface area (Å²) in [5.74, 6) is 1.51. The lowest BCUT2D eigenvalue weighted by atomic mass is 9.95. The molecule has 0 saturated carbocycles.